The highest BCUT2D eigenvalue weighted by molar-refractivity contribution is 7.92. The number of aromatic nitrogens is 4. The summed E-state index contributed by atoms with van der Waals surface area (Å²) in [6, 6.07) is 7.17. The van der Waals surface area contributed by atoms with Gasteiger partial charge < -0.3 is 4.98 Å². The molecule has 188 valence electrons. The average Bonchev–Trinajstić information content (AvgIpc) is 3.53. The number of rotatable bonds is 8. The molecule has 8 nitrogen and oxygen atoms in total. The summed E-state index contributed by atoms with van der Waals surface area (Å²) in [7, 11) is -3.86. The second-order valence-corrected chi connectivity index (χ2v) is 10.8. The maximum atomic E-state index is 15.2. The monoisotopic (exact) mass is 539 g/mol. The number of hydrogen-bond acceptors (Lipinski definition) is 7. The molecule has 0 unspecified atom stereocenters. The van der Waals surface area contributed by atoms with Crippen LogP contribution in [0.2, 0.25) is 0 Å². The molecule has 2 N–H and O–H groups in total. The predicted molar refractivity (Wildman–Crippen MR) is 138 cm³/mol. The molecule has 0 spiro atoms. The summed E-state index contributed by atoms with van der Waals surface area (Å²) in [4.78, 5) is 29.2. The van der Waals surface area contributed by atoms with Crippen LogP contribution in [0.5, 0.6) is 0 Å². The van der Waals surface area contributed by atoms with Gasteiger partial charge in [-0.15, -0.1) is 11.3 Å². The van der Waals surface area contributed by atoms with E-state index < -0.39 is 38.7 Å². The molecule has 0 saturated carbocycles. The fourth-order valence-electron chi connectivity index (χ4n) is 3.82. The molecule has 0 aliphatic carbocycles. The number of carbonyl (C=O) groups is 1. The van der Waals surface area contributed by atoms with Gasteiger partial charge in [0, 0.05) is 52.2 Å². The van der Waals surface area contributed by atoms with Crippen molar-refractivity contribution in [2.75, 3.05) is 10.5 Å². The minimum Gasteiger partial charge on any atom is -0.345 e. The summed E-state index contributed by atoms with van der Waals surface area (Å²) in [5, 5.41) is 2.93. The van der Waals surface area contributed by atoms with Gasteiger partial charge in [0.1, 0.15) is 16.5 Å². The van der Waals surface area contributed by atoms with Gasteiger partial charge in [0.2, 0.25) is 15.8 Å². The van der Waals surface area contributed by atoms with Gasteiger partial charge >= 0.3 is 0 Å². The third-order valence-electron chi connectivity index (χ3n) is 5.54. The van der Waals surface area contributed by atoms with Crippen LogP contribution >= 0.6 is 11.3 Å². The lowest BCUT2D eigenvalue weighted by molar-refractivity contribution is 0.103. The normalized spacial score (nSPS) is 11.6. The molecule has 0 radical (unpaired) electrons. The van der Waals surface area contributed by atoms with Crippen LogP contribution in [-0.2, 0) is 10.0 Å². The molecule has 0 saturated heterocycles. The molecule has 5 rings (SSSR count). The van der Waals surface area contributed by atoms with E-state index in [4.69, 9.17) is 0 Å². The minimum atomic E-state index is -3.86. The van der Waals surface area contributed by atoms with Gasteiger partial charge in [-0.05, 0) is 36.8 Å². The van der Waals surface area contributed by atoms with Gasteiger partial charge in [-0.3, -0.25) is 14.5 Å². The number of carbonyl (C=O) groups excluding carboxylic acids is 1. The van der Waals surface area contributed by atoms with Crippen LogP contribution < -0.4 is 4.72 Å². The van der Waals surface area contributed by atoms with Crippen molar-refractivity contribution < 1.29 is 22.0 Å². The first-order chi connectivity index (χ1) is 17.8. The molecule has 4 aromatic heterocycles. The van der Waals surface area contributed by atoms with E-state index in [1.165, 1.54) is 17.5 Å². The van der Waals surface area contributed by atoms with E-state index in [0.29, 0.717) is 28.7 Å². The van der Waals surface area contributed by atoms with Crippen molar-refractivity contribution in [2.45, 2.75) is 13.3 Å². The second-order valence-electron chi connectivity index (χ2n) is 8.14. The summed E-state index contributed by atoms with van der Waals surface area (Å²) in [5.74, 6) is -3.60. The average molecular weight is 540 g/mol. The van der Waals surface area contributed by atoms with Crippen LogP contribution in [-0.4, -0.2) is 39.9 Å². The fourth-order valence-corrected chi connectivity index (χ4v) is 5.77. The van der Waals surface area contributed by atoms with E-state index in [-0.39, 0.29) is 11.3 Å². The van der Waals surface area contributed by atoms with Gasteiger partial charge in [0.15, 0.2) is 5.82 Å². The third-order valence-corrected chi connectivity index (χ3v) is 7.91. The van der Waals surface area contributed by atoms with Gasteiger partial charge in [0.25, 0.3) is 0 Å². The molecule has 12 heteroatoms. The SMILES string of the molecule is CCCS(=O)(=O)Nc1ccc(F)c(C(=O)c2c[nH]c3ncc(-c4csc(-c5cccnc5)n4)cc23)c1F. The Hall–Kier alpha value is -4.03. The van der Waals surface area contributed by atoms with Crippen LogP contribution in [0.25, 0.3) is 32.9 Å². The van der Waals surface area contributed by atoms with Crippen molar-refractivity contribution in [3.63, 3.8) is 0 Å². The summed E-state index contributed by atoms with van der Waals surface area (Å²) in [6.45, 7) is 1.65. The number of nitrogens with one attached hydrogen (secondary N) is 2. The van der Waals surface area contributed by atoms with E-state index >= 15 is 4.39 Å². The Balaban J connectivity index is 1.53. The van der Waals surface area contributed by atoms with Crippen molar-refractivity contribution in [1.82, 2.24) is 19.9 Å². The molecule has 1 aromatic carbocycles. The first kappa shape index (κ1) is 24.7. The van der Waals surface area contributed by atoms with Crippen LogP contribution in [0.4, 0.5) is 14.5 Å². The number of aromatic amines is 1. The third kappa shape index (κ3) is 4.85. The molecular formula is C25H19F2N5O3S2. The van der Waals surface area contributed by atoms with Crippen LogP contribution in [0.3, 0.4) is 0 Å². The number of hydrogen-bond donors (Lipinski definition) is 2. The highest BCUT2D eigenvalue weighted by atomic mass is 32.2. The molecule has 0 aliphatic heterocycles. The standard InChI is InChI=1S/C25H19F2N5O3S2/c1-2-8-37(34,35)32-19-6-5-18(26)21(22(19)27)23(33)17-12-30-24-16(17)9-15(11-29-24)20-13-36-25(31-20)14-4-3-7-28-10-14/h3-7,9-13,32H,2,8H2,1H3,(H,29,30). The van der Waals surface area contributed by atoms with Gasteiger partial charge in [-0.2, -0.15) is 0 Å². The highest BCUT2D eigenvalue weighted by Crippen LogP contribution is 2.32. The van der Waals surface area contributed by atoms with Crippen LogP contribution in [0.15, 0.2) is 60.5 Å². The zero-order chi connectivity index (χ0) is 26.2. The Morgan fingerprint density at radius 1 is 1.16 bits per heavy atom. The molecule has 37 heavy (non-hydrogen) atoms. The van der Waals surface area contributed by atoms with Crippen molar-refractivity contribution >= 4 is 43.9 Å². The highest BCUT2D eigenvalue weighted by Gasteiger charge is 2.26. The van der Waals surface area contributed by atoms with Crippen molar-refractivity contribution in [3.05, 3.63) is 83.3 Å². The Morgan fingerprint density at radius 3 is 2.76 bits per heavy atom. The number of fused-ring (bicyclic) bond motifs is 1. The Bertz CT molecular complexity index is 1730. The number of benzene rings is 1. The van der Waals surface area contributed by atoms with Gasteiger partial charge in [0.05, 0.1) is 22.7 Å². The van der Waals surface area contributed by atoms with E-state index in [0.717, 1.165) is 22.7 Å². The second kappa shape index (κ2) is 9.79. The predicted octanol–water partition coefficient (Wildman–Crippen LogP) is 5.41. The number of anilines is 1. The molecule has 0 aliphatic rings. The smallest absolute Gasteiger partial charge is 0.232 e. The van der Waals surface area contributed by atoms with E-state index in [1.54, 1.807) is 31.6 Å². The number of sulfonamides is 1. The lowest BCUT2D eigenvalue weighted by atomic mass is 10.0. The van der Waals surface area contributed by atoms with Crippen molar-refractivity contribution in [2.24, 2.45) is 0 Å². The zero-order valence-electron chi connectivity index (χ0n) is 19.3. The van der Waals surface area contributed by atoms with Gasteiger partial charge in [-0.1, -0.05) is 6.92 Å². The molecule has 0 atom stereocenters. The molecule has 0 fully saturated rings. The number of pyridine rings is 2. The Kier molecular flexibility index (Phi) is 6.52. The number of thiazole rings is 1. The quantitative estimate of drug-likeness (QED) is 0.255. The number of halogens is 2. The topological polar surface area (TPSA) is 118 Å². The molecular weight excluding hydrogens is 520 g/mol. The number of H-pyrrole nitrogens is 1. The van der Waals surface area contributed by atoms with E-state index in [1.807, 2.05) is 17.5 Å². The summed E-state index contributed by atoms with van der Waals surface area (Å²) >= 11 is 1.42. The largest absolute Gasteiger partial charge is 0.345 e. The Morgan fingerprint density at radius 2 is 2.00 bits per heavy atom. The fraction of sp³-hybridized carbons (Fsp3) is 0.120. The van der Waals surface area contributed by atoms with E-state index in [9.17, 15) is 17.6 Å². The lowest BCUT2D eigenvalue weighted by Gasteiger charge is -2.11. The lowest BCUT2D eigenvalue weighted by Crippen LogP contribution is -2.18. The van der Waals surface area contributed by atoms with Crippen molar-refractivity contribution in [3.8, 4) is 21.8 Å². The maximum absolute atomic E-state index is 15.2. The van der Waals surface area contributed by atoms with Crippen LogP contribution in [0.1, 0.15) is 29.3 Å². The summed E-state index contributed by atoms with van der Waals surface area (Å²) in [5.41, 5.74) is 1.04. The van der Waals surface area contributed by atoms with Crippen LogP contribution in [0, 0.1) is 11.6 Å². The zero-order valence-corrected chi connectivity index (χ0v) is 21.0. The Labute approximate surface area is 214 Å². The van der Waals surface area contributed by atoms with Gasteiger partial charge in [-0.25, -0.2) is 27.2 Å². The summed E-state index contributed by atoms with van der Waals surface area (Å²) in [6.07, 6.45) is 6.57. The molecule has 5 aromatic rings. The molecule has 4 heterocycles. The van der Waals surface area contributed by atoms with Crippen molar-refractivity contribution in [1.29, 1.82) is 0 Å². The molecule has 0 amide bonds. The summed E-state index contributed by atoms with van der Waals surface area (Å²) < 4.78 is 56.2. The first-order valence-electron chi connectivity index (χ1n) is 11.1. The first-order valence-corrected chi connectivity index (χ1v) is 13.7. The molecule has 0 bridgehead atoms. The number of ketones is 1. The van der Waals surface area contributed by atoms with E-state index in [2.05, 4.69) is 24.7 Å². The maximum Gasteiger partial charge on any atom is 0.232 e. The number of nitrogens with zero attached hydrogens (tertiary/aromatic N) is 3. The minimum absolute atomic E-state index is 0.0153.